The Morgan fingerprint density at radius 3 is 1.63 bits per heavy atom. The predicted molar refractivity (Wildman–Crippen MR) is 174 cm³/mol. The van der Waals surface area contributed by atoms with Crippen molar-refractivity contribution in [3.63, 3.8) is 0 Å². The van der Waals surface area contributed by atoms with Gasteiger partial charge in [-0.25, -0.2) is 9.59 Å². The fourth-order valence-corrected chi connectivity index (χ4v) is 8.39. The van der Waals surface area contributed by atoms with Gasteiger partial charge >= 0.3 is 35.8 Å². The van der Waals surface area contributed by atoms with Crippen molar-refractivity contribution >= 4 is 35.8 Å². The average molecular weight is 711 g/mol. The maximum absolute atomic E-state index is 14.1. The monoisotopic (exact) mass is 710 g/mol. The summed E-state index contributed by atoms with van der Waals surface area (Å²) in [6, 6.07) is 15.6. The number of hydrogen-bond acceptors (Lipinski definition) is 14. The number of hydrogen-bond donors (Lipinski definition) is 1. The first-order valence-electron chi connectivity index (χ1n) is 16.5. The molecular weight excluding hydrogens is 668 g/mol. The standard InChI is InChI=1S/C37H42O14/c1-20(38)45-19-36-29(49-32(42)24-14-10-8-11-15-24)26(46-21(2)39)18-35(7,44)37(36)30(48-23(4)41)27(34(5,6)51-37)28(47-22(3)40)31(36)50-33(43)25-16-12-9-13-17-25/h8-17,26-31,44H,18-19H2,1-7H3/t26-,27+,28+,29-,30+,31+,35-,36-,37-/m0/s1. The maximum Gasteiger partial charge on any atom is 0.338 e. The van der Waals surface area contributed by atoms with Crippen LogP contribution in [0.25, 0.3) is 0 Å². The third kappa shape index (κ3) is 6.46. The van der Waals surface area contributed by atoms with E-state index in [1.165, 1.54) is 31.2 Å². The van der Waals surface area contributed by atoms with E-state index in [1.54, 1.807) is 50.2 Å². The molecule has 0 unspecified atom stereocenters. The Morgan fingerprint density at radius 1 is 0.667 bits per heavy atom. The number of carbonyl (C=O) groups is 6. The Morgan fingerprint density at radius 2 is 1.16 bits per heavy atom. The van der Waals surface area contributed by atoms with E-state index in [1.807, 2.05) is 0 Å². The summed E-state index contributed by atoms with van der Waals surface area (Å²) < 4.78 is 42.9. The molecule has 274 valence electrons. The molecule has 0 amide bonds. The van der Waals surface area contributed by atoms with Crippen LogP contribution in [0.2, 0.25) is 0 Å². The highest BCUT2D eigenvalue weighted by Crippen LogP contribution is 2.69. The van der Waals surface area contributed by atoms with Crippen LogP contribution in [0.3, 0.4) is 0 Å². The summed E-state index contributed by atoms with van der Waals surface area (Å²) in [5.74, 6) is -6.32. The number of ether oxygens (including phenoxy) is 7. The van der Waals surface area contributed by atoms with Gasteiger partial charge in [-0.3, -0.25) is 19.2 Å². The quantitative estimate of drug-likeness (QED) is 0.295. The van der Waals surface area contributed by atoms with E-state index in [0.717, 1.165) is 27.7 Å². The molecule has 1 N–H and O–H groups in total. The number of fused-ring (bicyclic) bond motifs is 1. The largest absolute Gasteiger partial charge is 0.465 e. The number of benzene rings is 2. The van der Waals surface area contributed by atoms with Crippen LogP contribution in [0.15, 0.2) is 60.7 Å². The van der Waals surface area contributed by atoms with Crippen LogP contribution in [0, 0.1) is 11.3 Å². The predicted octanol–water partition coefficient (Wildman–Crippen LogP) is 3.11. The first kappa shape index (κ1) is 37.4. The third-order valence-corrected chi connectivity index (χ3v) is 9.96. The molecule has 1 aliphatic heterocycles. The lowest BCUT2D eigenvalue weighted by molar-refractivity contribution is -0.361. The zero-order valence-electron chi connectivity index (χ0n) is 29.4. The minimum absolute atomic E-state index is 0.0698. The average Bonchev–Trinajstić information content (AvgIpc) is 3.24. The van der Waals surface area contributed by atoms with Gasteiger partial charge in [0.1, 0.15) is 30.3 Å². The van der Waals surface area contributed by atoms with Crippen LogP contribution in [0.4, 0.5) is 0 Å². The van der Waals surface area contributed by atoms with Gasteiger partial charge in [-0.2, -0.15) is 0 Å². The van der Waals surface area contributed by atoms with Gasteiger partial charge in [-0.1, -0.05) is 36.4 Å². The van der Waals surface area contributed by atoms with Crippen molar-refractivity contribution in [2.24, 2.45) is 11.3 Å². The minimum Gasteiger partial charge on any atom is -0.465 e. The molecule has 1 saturated heterocycles. The molecule has 0 radical (unpaired) electrons. The second-order valence-electron chi connectivity index (χ2n) is 13.9. The van der Waals surface area contributed by atoms with Crippen LogP contribution in [-0.4, -0.2) is 94.9 Å². The fourth-order valence-electron chi connectivity index (χ4n) is 8.39. The van der Waals surface area contributed by atoms with Gasteiger partial charge in [0.2, 0.25) is 0 Å². The van der Waals surface area contributed by atoms with Crippen molar-refractivity contribution in [1.29, 1.82) is 0 Å². The lowest BCUT2D eigenvalue weighted by Crippen LogP contribution is -2.85. The van der Waals surface area contributed by atoms with Crippen LogP contribution in [0.5, 0.6) is 0 Å². The van der Waals surface area contributed by atoms with E-state index in [4.69, 9.17) is 33.2 Å². The molecule has 51 heavy (non-hydrogen) atoms. The minimum atomic E-state index is -2.32. The second kappa shape index (κ2) is 13.7. The smallest absolute Gasteiger partial charge is 0.338 e. The SMILES string of the molecule is CC(=O)OC[C@]12[C@H](OC(=O)c3ccccc3)[C@H](OC(C)=O)[C@@H]3[C@@H](OC(C)=O)[C@]1(OC3(C)C)[C@@](C)(O)C[C@H](OC(C)=O)[C@@H]2OC(=O)c1ccccc1. The van der Waals surface area contributed by atoms with Crippen molar-refractivity contribution in [2.45, 2.75) is 102 Å². The van der Waals surface area contributed by atoms with Crippen molar-refractivity contribution in [3.8, 4) is 0 Å². The Hall–Kier alpha value is -4.82. The van der Waals surface area contributed by atoms with E-state index in [-0.39, 0.29) is 11.1 Å². The number of carbonyl (C=O) groups excluding carboxylic acids is 6. The number of rotatable bonds is 9. The van der Waals surface area contributed by atoms with Gasteiger partial charge in [0.15, 0.2) is 17.8 Å². The summed E-state index contributed by atoms with van der Waals surface area (Å²) in [5.41, 5.74) is -8.07. The molecule has 1 heterocycles. The van der Waals surface area contributed by atoms with E-state index < -0.39 is 107 Å². The Kier molecular flexibility index (Phi) is 10.1. The lowest BCUT2D eigenvalue weighted by Gasteiger charge is -2.66. The Balaban J connectivity index is 1.91. The second-order valence-corrected chi connectivity index (χ2v) is 13.9. The fraction of sp³-hybridized carbons (Fsp3) is 0.514. The third-order valence-electron chi connectivity index (χ3n) is 9.96. The summed E-state index contributed by atoms with van der Waals surface area (Å²) in [4.78, 5) is 79.4. The summed E-state index contributed by atoms with van der Waals surface area (Å²) in [5, 5.41) is 12.7. The van der Waals surface area contributed by atoms with Crippen molar-refractivity contribution < 1.29 is 67.0 Å². The number of esters is 6. The van der Waals surface area contributed by atoms with E-state index in [2.05, 4.69) is 0 Å². The van der Waals surface area contributed by atoms with Gasteiger partial charge in [0, 0.05) is 34.1 Å². The van der Waals surface area contributed by atoms with E-state index in [0.29, 0.717) is 0 Å². The molecule has 2 aliphatic carbocycles. The molecule has 2 bridgehead atoms. The first-order valence-corrected chi connectivity index (χ1v) is 16.5. The lowest BCUT2D eigenvalue weighted by atomic mass is 9.45. The highest BCUT2D eigenvalue weighted by molar-refractivity contribution is 5.90. The zero-order chi connectivity index (χ0) is 37.5. The van der Waals surface area contributed by atoms with Crippen LogP contribution in [0.1, 0.15) is 75.6 Å². The van der Waals surface area contributed by atoms with Gasteiger partial charge in [0.25, 0.3) is 0 Å². The number of aliphatic hydroxyl groups is 1. The molecule has 9 atom stereocenters. The molecule has 2 aromatic carbocycles. The van der Waals surface area contributed by atoms with Gasteiger partial charge < -0.3 is 38.3 Å². The molecule has 3 aliphatic rings. The highest BCUT2D eigenvalue weighted by Gasteiger charge is 2.89. The van der Waals surface area contributed by atoms with E-state index in [9.17, 15) is 33.9 Å². The molecule has 1 spiro atoms. The highest BCUT2D eigenvalue weighted by atomic mass is 16.7. The summed E-state index contributed by atoms with van der Waals surface area (Å²) >= 11 is 0. The van der Waals surface area contributed by atoms with Crippen LogP contribution >= 0.6 is 0 Å². The molecule has 2 aromatic rings. The molecule has 14 heteroatoms. The van der Waals surface area contributed by atoms with Crippen LogP contribution < -0.4 is 0 Å². The normalized spacial score (nSPS) is 33.1. The van der Waals surface area contributed by atoms with Crippen molar-refractivity contribution in [1.82, 2.24) is 0 Å². The van der Waals surface area contributed by atoms with Crippen LogP contribution in [-0.2, 0) is 52.3 Å². The molecule has 3 fully saturated rings. The summed E-state index contributed by atoms with van der Waals surface area (Å²) in [7, 11) is 0. The Bertz CT molecular complexity index is 1690. The summed E-state index contributed by atoms with van der Waals surface area (Å²) in [6.45, 7) is 8.18. The molecule has 2 saturated carbocycles. The van der Waals surface area contributed by atoms with E-state index >= 15 is 0 Å². The topological polar surface area (TPSA) is 187 Å². The molecular formula is C37H42O14. The van der Waals surface area contributed by atoms with Crippen molar-refractivity contribution in [3.05, 3.63) is 71.8 Å². The molecule has 0 aromatic heterocycles. The van der Waals surface area contributed by atoms with Crippen molar-refractivity contribution in [2.75, 3.05) is 6.61 Å². The zero-order valence-corrected chi connectivity index (χ0v) is 29.4. The Labute approximate surface area is 294 Å². The first-order chi connectivity index (χ1) is 23.9. The molecule has 5 rings (SSSR count). The van der Waals surface area contributed by atoms with Gasteiger partial charge in [-0.15, -0.1) is 0 Å². The molecule has 14 nitrogen and oxygen atoms in total. The summed E-state index contributed by atoms with van der Waals surface area (Å²) in [6.07, 6.45) is -8.57. The van der Waals surface area contributed by atoms with Gasteiger partial charge in [0.05, 0.1) is 28.2 Å². The van der Waals surface area contributed by atoms with Gasteiger partial charge in [-0.05, 0) is 45.0 Å². The maximum atomic E-state index is 14.1.